The zero-order valence-corrected chi connectivity index (χ0v) is 19.0. The van der Waals surface area contributed by atoms with Gasteiger partial charge < -0.3 is 20.1 Å². The highest BCUT2D eigenvalue weighted by molar-refractivity contribution is 7.89. The summed E-state index contributed by atoms with van der Waals surface area (Å²) in [7, 11) is -2.06. The molecule has 0 bridgehead atoms. The van der Waals surface area contributed by atoms with Crippen LogP contribution in [-0.4, -0.2) is 70.1 Å². The predicted octanol–water partition coefficient (Wildman–Crippen LogP) is 1.60. The Labute approximate surface area is 191 Å². The molecule has 2 N–H and O–H groups in total. The van der Waals surface area contributed by atoms with E-state index in [-0.39, 0.29) is 22.7 Å². The summed E-state index contributed by atoms with van der Waals surface area (Å²) >= 11 is 0. The van der Waals surface area contributed by atoms with Gasteiger partial charge in [-0.25, -0.2) is 8.42 Å². The van der Waals surface area contributed by atoms with Crippen molar-refractivity contribution in [2.75, 3.05) is 51.9 Å². The molecule has 1 aliphatic rings. The van der Waals surface area contributed by atoms with E-state index in [1.807, 2.05) is 0 Å². The molecule has 2 aromatic carbocycles. The van der Waals surface area contributed by atoms with Crippen LogP contribution in [0.5, 0.6) is 0 Å². The van der Waals surface area contributed by atoms with Crippen LogP contribution in [0.2, 0.25) is 0 Å². The second kappa shape index (κ2) is 11.2. The summed E-state index contributed by atoms with van der Waals surface area (Å²) in [6, 6.07) is 10.4. The van der Waals surface area contributed by atoms with Gasteiger partial charge in [0.25, 0.3) is 11.6 Å². The molecule has 0 atom stereocenters. The molecule has 1 heterocycles. The number of hydrogen-bond acceptors (Lipinski definition) is 8. The SMILES string of the molecule is COCCNc1ccc(C(=O)NCc2ccc(S(=O)(=O)N3CCOCC3)cc2)cc1[N+](=O)[O-]. The summed E-state index contributed by atoms with van der Waals surface area (Å²) < 4.78 is 36.9. The molecule has 33 heavy (non-hydrogen) atoms. The van der Waals surface area contributed by atoms with Crippen LogP contribution < -0.4 is 10.6 Å². The van der Waals surface area contributed by atoms with E-state index in [0.717, 1.165) is 0 Å². The summed E-state index contributed by atoms with van der Waals surface area (Å²) in [5.41, 5.74) is 0.921. The fraction of sp³-hybridized carbons (Fsp3) is 0.381. The van der Waals surface area contributed by atoms with Gasteiger partial charge in [0, 0.05) is 44.9 Å². The lowest BCUT2D eigenvalue weighted by atomic mass is 10.1. The van der Waals surface area contributed by atoms with E-state index in [0.29, 0.717) is 50.7 Å². The van der Waals surface area contributed by atoms with E-state index in [1.54, 1.807) is 12.1 Å². The topological polar surface area (TPSA) is 140 Å². The molecule has 2 aromatic rings. The average molecular weight is 479 g/mol. The van der Waals surface area contributed by atoms with Gasteiger partial charge in [0.2, 0.25) is 10.0 Å². The van der Waals surface area contributed by atoms with E-state index in [1.165, 1.54) is 41.7 Å². The van der Waals surface area contributed by atoms with Crippen molar-refractivity contribution >= 4 is 27.3 Å². The Morgan fingerprint density at radius 2 is 1.88 bits per heavy atom. The van der Waals surface area contributed by atoms with Crippen molar-refractivity contribution in [2.24, 2.45) is 0 Å². The molecule has 0 unspecified atom stereocenters. The summed E-state index contributed by atoms with van der Waals surface area (Å²) in [6.07, 6.45) is 0. The molecule has 0 saturated carbocycles. The lowest BCUT2D eigenvalue weighted by Crippen LogP contribution is -2.40. The molecule has 1 amide bonds. The van der Waals surface area contributed by atoms with Gasteiger partial charge in [-0.15, -0.1) is 0 Å². The minimum absolute atomic E-state index is 0.137. The van der Waals surface area contributed by atoms with Gasteiger partial charge in [-0.1, -0.05) is 12.1 Å². The van der Waals surface area contributed by atoms with Gasteiger partial charge in [-0.2, -0.15) is 4.31 Å². The number of carbonyl (C=O) groups excluding carboxylic acids is 1. The van der Waals surface area contributed by atoms with Crippen LogP contribution in [-0.2, 0) is 26.0 Å². The molecule has 1 fully saturated rings. The number of nitro groups is 1. The Bertz CT molecular complexity index is 1080. The summed E-state index contributed by atoms with van der Waals surface area (Å²) in [5.74, 6) is -0.480. The first kappa shape index (κ1) is 24.6. The molecule has 178 valence electrons. The lowest BCUT2D eigenvalue weighted by molar-refractivity contribution is -0.384. The number of anilines is 1. The highest BCUT2D eigenvalue weighted by Crippen LogP contribution is 2.25. The van der Waals surface area contributed by atoms with Gasteiger partial charge in [-0.3, -0.25) is 14.9 Å². The first-order valence-corrected chi connectivity index (χ1v) is 11.7. The molecular weight excluding hydrogens is 452 g/mol. The number of sulfonamides is 1. The largest absolute Gasteiger partial charge is 0.383 e. The molecule has 11 nitrogen and oxygen atoms in total. The number of nitrogens with zero attached hydrogens (tertiary/aromatic N) is 2. The second-order valence-electron chi connectivity index (χ2n) is 7.25. The standard InChI is InChI=1S/C21H26N4O7S/c1-31-11-8-22-19-7-4-17(14-20(19)25(27)28)21(26)23-15-16-2-5-18(6-3-16)33(29,30)24-9-12-32-13-10-24/h2-7,14,22H,8-13,15H2,1H3,(H,23,26). The van der Waals surface area contributed by atoms with Crippen LogP contribution in [0.15, 0.2) is 47.4 Å². The van der Waals surface area contributed by atoms with Crippen LogP contribution in [0.4, 0.5) is 11.4 Å². The third kappa shape index (κ3) is 6.26. The molecule has 0 radical (unpaired) electrons. The van der Waals surface area contributed by atoms with Gasteiger partial charge in [-0.05, 0) is 29.8 Å². The first-order valence-electron chi connectivity index (χ1n) is 10.3. The maximum absolute atomic E-state index is 12.7. The maximum Gasteiger partial charge on any atom is 0.293 e. The van der Waals surface area contributed by atoms with Gasteiger partial charge >= 0.3 is 0 Å². The second-order valence-corrected chi connectivity index (χ2v) is 9.19. The Kier molecular flexibility index (Phi) is 8.33. The van der Waals surface area contributed by atoms with Crippen molar-refractivity contribution in [1.29, 1.82) is 0 Å². The normalized spacial score (nSPS) is 14.6. The Morgan fingerprint density at radius 3 is 2.52 bits per heavy atom. The van der Waals surface area contributed by atoms with Crippen molar-refractivity contribution in [3.8, 4) is 0 Å². The Morgan fingerprint density at radius 1 is 1.18 bits per heavy atom. The fourth-order valence-corrected chi connectivity index (χ4v) is 4.67. The molecule has 0 aliphatic carbocycles. The zero-order chi connectivity index (χ0) is 23.8. The van der Waals surface area contributed by atoms with Crippen molar-refractivity contribution in [2.45, 2.75) is 11.4 Å². The molecule has 3 rings (SSSR count). The fourth-order valence-electron chi connectivity index (χ4n) is 3.26. The number of morpholine rings is 1. The number of benzene rings is 2. The smallest absolute Gasteiger partial charge is 0.293 e. The number of amides is 1. The molecule has 1 aliphatic heterocycles. The van der Waals surface area contributed by atoms with Crippen LogP contribution in [0.25, 0.3) is 0 Å². The van der Waals surface area contributed by atoms with Gasteiger partial charge in [0.1, 0.15) is 5.69 Å². The van der Waals surface area contributed by atoms with Crippen molar-refractivity contribution in [3.05, 3.63) is 63.7 Å². The first-order chi connectivity index (χ1) is 15.8. The quantitative estimate of drug-likeness (QED) is 0.298. The zero-order valence-electron chi connectivity index (χ0n) is 18.2. The number of nitro benzene ring substituents is 1. The third-order valence-electron chi connectivity index (χ3n) is 5.06. The molecular formula is C21H26N4O7S. The van der Waals surface area contributed by atoms with E-state index < -0.39 is 20.9 Å². The number of carbonyl (C=O) groups is 1. The number of ether oxygens (including phenoxy) is 2. The van der Waals surface area contributed by atoms with Crippen LogP contribution in [0.1, 0.15) is 15.9 Å². The minimum Gasteiger partial charge on any atom is -0.383 e. The Hall–Kier alpha value is -3.06. The van der Waals surface area contributed by atoms with E-state index in [2.05, 4.69) is 10.6 Å². The molecule has 0 spiro atoms. The van der Waals surface area contributed by atoms with Crippen molar-refractivity contribution in [3.63, 3.8) is 0 Å². The van der Waals surface area contributed by atoms with Gasteiger partial charge in [0.05, 0.1) is 29.6 Å². The number of rotatable bonds is 10. The van der Waals surface area contributed by atoms with Crippen molar-refractivity contribution < 1.29 is 27.6 Å². The Balaban J connectivity index is 1.63. The highest BCUT2D eigenvalue weighted by atomic mass is 32.2. The van der Waals surface area contributed by atoms with E-state index in [4.69, 9.17) is 9.47 Å². The number of nitrogens with one attached hydrogen (secondary N) is 2. The van der Waals surface area contributed by atoms with Crippen LogP contribution in [0.3, 0.4) is 0 Å². The lowest BCUT2D eigenvalue weighted by Gasteiger charge is -2.26. The highest BCUT2D eigenvalue weighted by Gasteiger charge is 2.26. The monoisotopic (exact) mass is 478 g/mol. The minimum atomic E-state index is -3.59. The predicted molar refractivity (Wildman–Crippen MR) is 121 cm³/mol. The number of hydrogen-bond donors (Lipinski definition) is 2. The van der Waals surface area contributed by atoms with Crippen LogP contribution in [0, 0.1) is 10.1 Å². The molecule has 12 heteroatoms. The molecule has 1 saturated heterocycles. The average Bonchev–Trinajstić information content (AvgIpc) is 2.83. The maximum atomic E-state index is 12.7. The number of methoxy groups -OCH3 is 1. The third-order valence-corrected chi connectivity index (χ3v) is 6.98. The van der Waals surface area contributed by atoms with Gasteiger partial charge in [0.15, 0.2) is 0 Å². The van der Waals surface area contributed by atoms with E-state index in [9.17, 15) is 23.3 Å². The van der Waals surface area contributed by atoms with E-state index >= 15 is 0 Å². The molecule has 0 aromatic heterocycles. The van der Waals surface area contributed by atoms with Crippen LogP contribution >= 0.6 is 0 Å². The summed E-state index contributed by atoms with van der Waals surface area (Å²) in [6.45, 7) is 2.27. The summed E-state index contributed by atoms with van der Waals surface area (Å²) in [4.78, 5) is 23.5. The van der Waals surface area contributed by atoms with Crippen molar-refractivity contribution in [1.82, 2.24) is 9.62 Å². The summed E-state index contributed by atoms with van der Waals surface area (Å²) in [5, 5.41) is 17.0.